The zero-order chi connectivity index (χ0) is 23.1. The average Bonchev–Trinajstić information content (AvgIpc) is 3.24. The molecule has 2 aliphatic rings. The van der Waals surface area contributed by atoms with E-state index in [1.807, 2.05) is 6.07 Å². The number of carbonyl (C=O) groups is 1. The van der Waals surface area contributed by atoms with E-state index < -0.39 is 0 Å². The van der Waals surface area contributed by atoms with Crippen LogP contribution < -0.4 is 5.56 Å². The van der Waals surface area contributed by atoms with Gasteiger partial charge in [0.05, 0.1) is 29.5 Å². The van der Waals surface area contributed by atoms with E-state index >= 15 is 0 Å². The Bertz CT molecular complexity index is 1220. The Morgan fingerprint density at radius 3 is 2.70 bits per heavy atom. The minimum atomic E-state index is -0.0844. The number of H-pyrrole nitrogens is 1. The normalized spacial score (nSPS) is 19.3. The number of amides is 1. The molecule has 2 aromatic heterocycles. The molecule has 0 spiro atoms. The van der Waals surface area contributed by atoms with E-state index in [-0.39, 0.29) is 17.5 Å². The van der Waals surface area contributed by atoms with Gasteiger partial charge in [-0.05, 0) is 36.4 Å². The molecule has 0 bridgehead atoms. The van der Waals surface area contributed by atoms with Crippen LogP contribution in [0.4, 0.5) is 0 Å². The van der Waals surface area contributed by atoms with Crippen LogP contribution in [0.15, 0.2) is 35.1 Å². The second-order valence-corrected chi connectivity index (χ2v) is 9.82. The summed E-state index contributed by atoms with van der Waals surface area (Å²) in [5.74, 6) is 0.531. The fraction of sp³-hybridized carbons (Fsp3) is 0.500. The molecule has 1 aromatic carbocycles. The third-order valence-corrected chi connectivity index (χ3v) is 7.23. The Labute approximate surface area is 194 Å². The number of carbonyl (C=O) groups excluding carboxylic acids is 1. The summed E-state index contributed by atoms with van der Waals surface area (Å²) in [6, 6.07) is 11.2. The first kappa shape index (κ1) is 21.9. The number of nitrogens with one attached hydrogen (secondary N) is 1. The van der Waals surface area contributed by atoms with Gasteiger partial charge in [-0.3, -0.25) is 19.6 Å². The molecule has 1 fully saturated rings. The molecule has 1 N–H and O–H groups in total. The van der Waals surface area contributed by atoms with Gasteiger partial charge < -0.3 is 4.90 Å². The summed E-state index contributed by atoms with van der Waals surface area (Å²) >= 11 is 0. The molecule has 5 rings (SSSR count). The third kappa shape index (κ3) is 4.22. The van der Waals surface area contributed by atoms with E-state index in [9.17, 15) is 9.59 Å². The fourth-order valence-corrected chi connectivity index (χ4v) is 5.21. The highest BCUT2D eigenvalue weighted by atomic mass is 16.2. The number of aromatic nitrogens is 3. The van der Waals surface area contributed by atoms with Gasteiger partial charge in [0, 0.05) is 32.5 Å². The highest BCUT2D eigenvalue weighted by Gasteiger charge is 2.28. The Balaban J connectivity index is 1.44. The lowest BCUT2D eigenvalue weighted by atomic mass is 9.97. The monoisotopic (exact) mass is 447 g/mol. The minimum absolute atomic E-state index is 0.00315. The van der Waals surface area contributed by atoms with Crippen molar-refractivity contribution < 1.29 is 4.79 Å². The van der Waals surface area contributed by atoms with Gasteiger partial charge in [-0.1, -0.05) is 44.5 Å². The highest BCUT2D eigenvalue weighted by Crippen LogP contribution is 2.32. The number of fused-ring (bicyclic) bond motifs is 2. The van der Waals surface area contributed by atoms with Gasteiger partial charge in [-0.25, -0.2) is 9.50 Å². The number of nitrogens with zero attached hydrogens (tertiary/aromatic N) is 4. The topological polar surface area (TPSA) is 73.7 Å². The maximum Gasteiger partial charge on any atom is 0.277 e. The van der Waals surface area contributed by atoms with Crippen LogP contribution >= 0.6 is 0 Å². The van der Waals surface area contributed by atoms with Crippen LogP contribution in [0.3, 0.4) is 0 Å². The summed E-state index contributed by atoms with van der Waals surface area (Å²) < 4.78 is 1.57. The molecular weight excluding hydrogens is 414 g/mol. The van der Waals surface area contributed by atoms with Crippen molar-refractivity contribution in [3.8, 4) is 0 Å². The van der Waals surface area contributed by atoms with Crippen LogP contribution in [0.1, 0.15) is 80.1 Å². The lowest BCUT2D eigenvalue weighted by Crippen LogP contribution is -2.39. The fourth-order valence-electron chi connectivity index (χ4n) is 5.21. The first-order chi connectivity index (χ1) is 15.9. The molecule has 7 nitrogen and oxygen atoms in total. The number of aromatic amines is 1. The van der Waals surface area contributed by atoms with Crippen molar-refractivity contribution in [3.63, 3.8) is 0 Å². The summed E-state index contributed by atoms with van der Waals surface area (Å²) in [6.07, 6.45) is 4.05. The molecule has 1 atom stereocenters. The Morgan fingerprint density at radius 2 is 1.97 bits per heavy atom. The average molecular weight is 448 g/mol. The summed E-state index contributed by atoms with van der Waals surface area (Å²) in [5.41, 5.74) is 5.78. The molecule has 0 radical (unpaired) electrons. The number of hydrogen-bond donors (Lipinski definition) is 1. The molecule has 1 saturated heterocycles. The molecule has 0 saturated carbocycles. The van der Waals surface area contributed by atoms with Gasteiger partial charge in [-0.2, -0.15) is 0 Å². The predicted octanol–water partition coefficient (Wildman–Crippen LogP) is 3.78. The number of benzene rings is 1. The Kier molecular flexibility index (Phi) is 5.83. The Hall–Kier alpha value is -2.93. The van der Waals surface area contributed by atoms with Crippen molar-refractivity contribution in [1.29, 1.82) is 0 Å². The van der Waals surface area contributed by atoms with Crippen molar-refractivity contribution in [2.75, 3.05) is 13.1 Å². The summed E-state index contributed by atoms with van der Waals surface area (Å²) in [4.78, 5) is 34.1. The SMILES string of the molecule is CC(=O)N1CCc2nc3cc([C@H]4CCCCN4Cc4ccc(C(C)C)cc4)[nH]n3c(=O)c2C1. The number of rotatable bonds is 4. The second kappa shape index (κ2) is 8.78. The van der Waals surface area contributed by atoms with E-state index in [4.69, 9.17) is 4.98 Å². The van der Waals surface area contributed by atoms with Crippen molar-refractivity contribution in [1.82, 2.24) is 24.4 Å². The standard InChI is InChI=1S/C26H33N5O2/c1-17(2)20-9-7-19(8-10-20)15-30-12-5-4-6-24(30)23-14-25-27-22-11-13-29(18(3)32)16-21(22)26(33)31(25)28-23/h7-10,14,17,24,28H,4-6,11-13,15-16H2,1-3H3/t24-/m1/s1. The van der Waals surface area contributed by atoms with Crippen LogP contribution in [-0.4, -0.2) is 43.4 Å². The molecule has 33 heavy (non-hydrogen) atoms. The summed E-state index contributed by atoms with van der Waals surface area (Å²) in [6.45, 7) is 8.89. The zero-order valence-corrected chi connectivity index (χ0v) is 19.8. The quantitative estimate of drug-likeness (QED) is 0.661. The molecule has 4 heterocycles. The molecule has 1 amide bonds. The maximum absolute atomic E-state index is 13.2. The van der Waals surface area contributed by atoms with Crippen LogP contribution in [0, 0.1) is 0 Å². The predicted molar refractivity (Wildman–Crippen MR) is 128 cm³/mol. The van der Waals surface area contributed by atoms with Gasteiger partial charge in [-0.15, -0.1) is 0 Å². The highest BCUT2D eigenvalue weighted by molar-refractivity contribution is 5.73. The molecule has 174 valence electrons. The molecular formula is C26H33N5O2. The Morgan fingerprint density at radius 1 is 1.18 bits per heavy atom. The molecule has 7 heteroatoms. The molecule has 0 unspecified atom stereocenters. The van der Waals surface area contributed by atoms with E-state index in [0.29, 0.717) is 36.6 Å². The largest absolute Gasteiger partial charge is 0.338 e. The van der Waals surface area contributed by atoms with E-state index in [0.717, 1.165) is 30.9 Å². The van der Waals surface area contributed by atoms with Crippen molar-refractivity contribution in [2.24, 2.45) is 0 Å². The number of piperidine rings is 1. The lowest BCUT2D eigenvalue weighted by Gasteiger charge is -2.35. The third-order valence-electron chi connectivity index (χ3n) is 7.23. The summed E-state index contributed by atoms with van der Waals surface area (Å²) in [7, 11) is 0. The van der Waals surface area contributed by atoms with Crippen molar-refractivity contribution >= 4 is 11.6 Å². The van der Waals surface area contributed by atoms with Crippen LogP contribution in [0.5, 0.6) is 0 Å². The van der Waals surface area contributed by atoms with E-state index in [1.54, 1.807) is 16.3 Å². The minimum Gasteiger partial charge on any atom is -0.338 e. The number of likely N-dealkylation sites (tertiary alicyclic amines) is 1. The van der Waals surface area contributed by atoms with Crippen molar-refractivity contribution in [2.45, 2.75) is 71.5 Å². The first-order valence-corrected chi connectivity index (χ1v) is 12.1. The molecule has 2 aliphatic heterocycles. The lowest BCUT2D eigenvalue weighted by molar-refractivity contribution is -0.129. The van der Waals surface area contributed by atoms with E-state index in [1.165, 1.54) is 24.0 Å². The smallest absolute Gasteiger partial charge is 0.277 e. The van der Waals surface area contributed by atoms with Gasteiger partial charge in [0.2, 0.25) is 5.91 Å². The second-order valence-electron chi connectivity index (χ2n) is 9.82. The maximum atomic E-state index is 13.2. The molecule has 3 aromatic rings. The zero-order valence-electron chi connectivity index (χ0n) is 19.8. The first-order valence-electron chi connectivity index (χ1n) is 12.1. The van der Waals surface area contributed by atoms with Gasteiger partial charge >= 0.3 is 0 Å². The summed E-state index contributed by atoms with van der Waals surface area (Å²) in [5, 5.41) is 3.36. The van der Waals surface area contributed by atoms with Crippen LogP contribution in [0.25, 0.3) is 5.65 Å². The van der Waals surface area contributed by atoms with Gasteiger partial charge in [0.1, 0.15) is 0 Å². The van der Waals surface area contributed by atoms with Gasteiger partial charge in [0.25, 0.3) is 5.56 Å². The number of hydrogen-bond acceptors (Lipinski definition) is 4. The van der Waals surface area contributed by atoms with E-state index in [2.05, 4.69) is 48.1 Å². The van der Waals surface area contributed by atoms with Crippen molar-refractivity contribution in [3.05, 3.63) is 68.8 Å². The van der Waals surface area contributed by atoms with Crippen LogP contribution in [0.2, 0.25) is 0 Å². The van der Waals surface area contributed by atoms with Crippen LogP contribution in [-0.2, 0) is 24.3 Å². The molecule has 0 aliphatic carbocycles. The van der Waals surface area contributed by atoms with Gasteiger partial charge in [0.15, 0.2) is 5.65 Å².